The number of aryl methyl sites for hydroxylation is 1. The van der Waals surface area contributed by atoms with Crippen molar-refractivity contribution in [2.24, 2.45) is 0 Å². The maximum absolute atomic E-state index is 12.6. The normalized spacial score (nSPS) is 14.0. The molecule has 1 aliphatic rings. The van der Waals surface area contributed by atoms with Crippen LogP contribution in [0.4, 0.5) is 17.5 Å². The van der Waals surface area contributed by atoms with Crippen molar-refractivity contribution in [1.82, 2.24) is 19.6 Å². The molecule has 0 aromatic carbocycles. The molecule has 1 saturated heterocycles. The van der Waals surface area contributed by atoms with Gasteiger partial charge in [0.25, 0.3) is 5.91 Å². The minimum Gasteiger partial charge on any atom is -0.361 e. The molecular weight excluding hydrogens is 338 g/mol. The van der Waals surface area contributed by atoms with Crippen LogP contribution < -0.4 is 15.1 Å². The Morgan fingerprint density at radius 3 is 2.80 bits per heavy atom. The van der Waals surface area contributed by atoms with E-state index in [0.29, 0.717) is 22.3 Å². The van der Waals surface area contributed by atoms with Crippen LogP contribution >= 0.6 is 11.5 Å². The fourth-order valence-corrected chi connectivity index (χ4v) is 3.43. The zero-order valence-electron chi connectivity index (χ0n) is 14.8. The number of nitrogens with zero attached hydrogens (tertiary/aromatic N) is 6. The van der Waals surface area contributed by atoms with Crippen molar-refractivity contribution in [1.29, 1.82) is 0 Å². The molecule has 0 atom stereocenters. The molecule has 134 valence electrons. The van der Waals surface area contributed by atoms with Gasteiger partial charge in [-0.2, -0.15) is 4.98 Å². The van der Waals surface area contributed by atoms with Gasteiger partial charge in [-0.05, 0) is 30.8 Å². The smallest absolute Gasteiger partial charge is 0.269 e. The fraction of sp³-hybridized carbons (Fsp3) is 0.562. The molecule has 0 aliphatic carbocycles. The molecule has 0 saturated carbocycles. The molecule has 1 fully saturated rings. The molecule has 9 heteroatoms. The van der Waals surface area contributed by atoms with Crippen LogP contribution in [0.15, 0.2) is 6.20 Å². The number of aromatic nitrogens is 4. The Labute approximate surface area is 151 Å². The third-order valence-corrected chi connectivity index (χ3v) is 4.83. The third kappa shape index (κ3) is 3.87. The van der Waals surface area contributed by atoms with Gasteiger partial charge in [0.05, 0.1) is 11.9 Å². The molecule has 0 spiro atoms. The molecule has 0 bridgehead atoms. The van der Waals surface area contributed by atoms with E-state index in [0.717, 1.165) is 56.0 Å². The Morgan fingerprint density at radius 2 is 2.12 bits per heavy atom. The number of amides is 1. The lowest BCUT2D eigenvalue weighted by Crippen LogP contribution is -2.23. The molecular formula is C16H23N7OS. The molecule has 1 amide bonds. The minimum absolute atomic E-state index is 0.209. The summed E-state index contributed by atoms with van der Waals surface area (Å²) >= 11 is 1.12. The van der Waals surface area contributed by atoms with Gasteiger partial charge in [0, 0.05) is 27.2 Å². The third-order valence-electron chi connectivity index (χ3n) is 4.07. The van der Waals surface area contributed by atoms with Crippen LogP contribution in [0.5, 0.6) is 0 Å². The quantitative estimate of drug-likeness (QED) is 0.844. The molecule has 2 aromatic heterocycles. The van der Waals surface area contributed by atoms with Crippen molar-refractivity contribution in [2.45, 2.75) is 32.6 Å². The largest absolute Gasteiger partial charge is 0.361 e. The summed E-state index contributed by atoms with van der Waals surface area (Å²) in [6.07, 6.45) is 5.67. The Balaban J connectivity index is 1.83. The first kappa shape index (κ1) is 17.5. The summed E-state index contributed by atoms with van der Waals surface area (Å²) in [6, 6.07) is 0. The van der Waals surface area contributed by atoms with Gasteiger partial charge in [-0.15, -0.1) is 5.10 Å². The predicted molar refractivity (Wildman–Crippen MR) is 99.7 cm³/mol. The zero-order chi connectivity index (χ0) is 17.8. The monoisotopic (exact) mass is 361 g/mol. The summed E-state index contributed by atoms with van der Waals surface area (Å²) in [4.78, 5) is 26.3. The fourth-order valence-electron chi connectivity index (χ4n) is 2.82. The minimum atomic E-state index is -0.209. The number of rotatable bonds is 6. The van der Waals surface area contributed by atoms with E-state index in [4.69, 9.17) is 0 Å². The molecule has 2 aromatic rings. The first-order chi connectivity index (χ1) is 12.1. The van der Waals surface area contributed by atoms with Crippen LogP contribution in [0, 0.1) is 0 Å². The maximum atomic E-state index is 12.6. The maximum Gasteiger partial charge on any atom is 0.269 e. The van der Waals surface area contributed by atoms with Gasteiger partial charge in [0.2, 0.25) is 5.95 Å². The van der Waals surface area contributed by atoms with Gasteiger partial charge in [-0.25, -0.2) is 4.98 Å². The summed E-state index contributed by atoms with van der Waals surface area (Å²) in [5.74, 6) is 1.20. The van der Waals surface area contributed by atoms with Gasteiger partial charge in [0.1, 0.15) is 10.6 Å². The van der Waals surface area contributed by atoms with Crippen molar-refractivity contribution in [3.63, 3.8) is 0 Å². The molecule has 3 rings (SSSR count). The number of carbonyl (C=O) groups is 1. The summed E-state index contributed by atoms with van der Waals surface area (Å²) < 4.78 is 3.91. The second kappa shape index (κ2) is 7.73. The van der Waals surface area contributed by atoms with Crippen LogP contribution in [-0.4, -0.2) is 52.6 Å². The Kier molecular flexibility index (Phi) is 5.42. The standard InChI is InChI=1S/C16H23N7OS/c1-4-7-11-13(25-21-20-11)15(24)18-12-10-17-16(19-14(12)22(2)3)23-8-5-6-9-23/h10H,4-9H2,1-3H3,(H,18,24). The van der Waals surface area contributed by atoms with Crippen LogP contribution in [0.1, 0.15) is 41.6 Å². The zero-order valence-corrected chi connectivity index (χ0v) is 15.6. The molecule has 1 aliphatic heterocycles. The van der Waals surface area contributed by atoms with E-state index in [1.807, 2.05) is 19.0 Å². The van der Waals surface area contributed by atoms with E-state index in [1.165, 1.54) is 0 Å². The summed E-state index contributed by atoms with van der Waals surface area (Å²) in [5.41, 5.74) is 1.33. The summed E-state index contributed by atoms with van der Waals surface area (Å²) in [7, 11) is 3.81. The van der Waals surface area contributed by atoms with Crippen LogP contribution in [-0.2, 0) is 6.42 Å². The van der Waals surface area contributed by atoms with Crippen LogP contribution in [0.2, 0.25) is 0 Å². The average Bonchev–Trinajstić information content (AvgIpc) is 3.27. The number of carbonyl (C=O) groups excluding carboxylic acids is 1. The topological polar surface area (TPSA) is 87.1 Å². The molecule has 0 unspecified atom stereocenters. The van der Waals surface area contributed by atoms with E-state index >= 15 is 0 Å². The second-order valence-electron chi connectivity index (χ2n) is 6.25. The predicted octanol–water partition coefficient (Wildman–Crippen LogP) is 2.20. The van der Waals surface area contributed by atoms with E-state index in [1.54, 1.807) is 6.20 Å². The van der Waals surface area contributed by atoms with Gasteiger partial charge < -0.3 is 15.1 Å². The van der Waals surface area contributed by atoms with E-state index in [9.17, 15) is 4.79 Å². The van der Waals surface area contributed by atoms with Gasteiger partial charge in [-0.3, -0.25) is 4.79 Å². The molecule has 0 radical (unpaired) electrons. The summed E-state index contributed by atoms with van der Waals surface area (Å²) in [5, 5.41) is 6.97. The van der Waals surface area contributed by atoms with E-state index in [2.05, 4.69) is 36.7 Å². The highest BCUT2D eigenvalue weighted by molar-refractivity contribution is 7.08. The molecule has 1 N–H and O–H groups in total. The lowest BCUT2D eigenvalue weighted by molar-refractivity contribution is 0.102. The molecule has 8 nitrogen and oxygen atoms in total. The summed E-state index contributed by atoms with van der Waals surface area (Å²) in [6.45, 7) is 4.01. The van der Waals surface area contributed by atoms with E-state index in [-0.39, 0.29) is 5.91 Å². The van der Waals surface area contributed by atoms with Crippen molar-refractivity contribution in [3.8, 4) is 0 Å². The highest BCUT2D eigenvalue weighted by atomic mass is 32.1. The average molecular weight is 361 g/mol. The first-order valence-corrected chi connectivity index (χ1v) is 9.29. The van der Waals surface area contributed by atoms with Crippen molar-refractivity contribution >= 4 is 34.9 Å². The lowest BCUT2D eigenvalue weighted by Gasteiger charge is -2.20. The Hall–Kier alpha value is -2.29. The van der Waals surface area contributed by atoms with Crippen LogP contribution in [0.3, 0.4) is 0 Å². The number of nitrogens with one attached hydrogen (secondary N) is 1. The van der Waals surface area contributed by atoms with Gasteiger partial charge in [0.15, 0.2) is 5.82 Å². The van der Waals surface area contributed by atoms with E-state index < -0.39 is 0 Å². The number of hydrogen-bond donors (Lipinski definition) is 1. The first-order valence-electron chi connectivity index (χ1n) is 8.52. The lowest BCUT2D eigenvalue weighted by atomic mass is 10.2. The Bertz CT molecular complexity index is 740. The number of anilines is 3. The molecule has 25 heavy (non-hydrogen) atoms. The molecule has 3 heterocycles. The highest BCUT2D eigenvalue weighted by Gasteiger charge is 2.21. The van der Waals surface area contributed by atoms with Crippen LogP contribution in [0.25, 0.3) is 0 Å². The second-order valence-corrected chi connectivity index (χ2v) is 7.00. The van der Waals surface area contributed by atoms with Crippen molar-refractivity contribution in [2.75, 3.05) is 42.3 Å². The van der Waals surface area contributed by atoms with Crippen molar-refractivity contribution < 1.29 is 4.79 Å². The van der Waals surface area contributed by atoms with Crippen molar-refractivity contribution in [3.05, 3.63) is 16.8 Å². The number of hydrogen-bond acceptors (Lipinski definition) is 8. The highest BCUT2D eigenvalue weighted by Crippen LogP contribution is 2.26. The SMILES string of the molecule is CCCc1nnsc1C(=O)Nc1cnc(N2CCCC2)nc1N(C)C. The van der Waals surface area contributed by atoms with Gasteiger partial charge >= 0.3 is 0 Å². The van der Waals surface area contributed by atoms with Gasteiger partial charge in [-0.1, -0.05) is 17.8 Å². The Morgan fingerprint density at radius 1 is 1.36 bits per heavy atom.